The summed E-state index contributed by atoms with van der Waals surface area (Å²) in [6, 6.07) is 16.8. The number of amides is 2. The summed E-state index contributed by atoms with van der Waals surface area (Å²) in [5, 5.41) is 5.44. The van der Waals surface area contributed by atoms with E-state index in [1.54, 1.807) is 12.1 Å². The Balaban J connectivity index is 2.05. The first-order valence-corrected chi connectivity index (χ1v) is 9.02. The first-order valence-electron chi connectivity index (χ1n) is 9.02. The molecular weight excluding hydrogens is 358 g/mol. The van der Waals surface area contributed by atoms with Gasteiger partial charge in [-0.2, -0.15) is 0 Å². The van der Waals surface area contributed by atoms with Gasteiger partial charge < -0.3 is 20.3 Å². The number of ether oxygens (including phenoxy) is 1. The summed E-state index contributed by atoms with van der Waals surface area (Å²) in [6.45, 7) is 4.23. The topological polar surface area (TPSA) is 87.7 Å². The Morgan fingerprint density at radius 1 is 0.893 bits per heavy atom. The number of nitrogens with zero attached hydrogens (tertiary/aromatic N) is 1. The molecule has 148 valence electrons. The van der Waals surface area contributed by atoms with Gasteiger partial charge in [0, 0.05) is 39.2 Å². The van der Waals surface area contributed by atoms with Crippen LogP contribution >= 0.6 is 0 Å². The van der Waals surface area contributed by atoms with Crippen LogP contribution in [0.1, 0.15) is 19.4 Å². The number of hydrogen-bond donors (Lipinski definition) is 2. The van der Waals surface area contributed by atoms with Crippen molar-refractivity contribution in [3.8, 4) is 5.75 Å². The van der Waals surface area contributed by atoms with Gasteiger partial charge in [-0.15, -0.1) is 0 Å². The van der Waals surface area contributed by atoms with Crippen molar-refractivity contribution >= 4 is 23.5 Å². The number of benzene rings is 2. The van der Waals surface area contributed by atoms with Crippen LogP contribution in [0.3, 0.4) is 0 Å². The van der Waals surface area contributed by atoms with Crippen molar-refractivity contribution in [3.63, 3.8) is 0 Å². The lowest BCUT2D eigenvalue weighted by Gasteiger charge is -2.24. The van der Waals surface area contributed by atoms with Crippen LogP contribution in [-0.4, -0.2) is 37.4 Å². The van der Waals surface area contributed by atoms with E-state index >= 15 is 0 Å². The molecule has 0 bridgehead atoms. The minimum atomic E-state index is -0.382. The molecule has 7 heteroatoms. The van der Waals surface area contributed by atoms with E-state index in [9.17, 15) is 14.4 Å². The predicted octanol–water partition coefficient (Wildman–Crippen LogP) is 1.87. The van der Waals surface area contributed by atoms with Crippen molar-refractivity contribution in [2.24, 2.45) is 0 Å². The maximum atomic E-state index is 12.3. The maximum absolute atomic E-state index is 12.3. The summed E-state index contributed by atoms with van der Waals surface area (Å²) >= 11 is 0. The molecule has 2 aromatic rings. The van der Waals surface area contributed by atoms with Gasteiger partial charge in [0.2, 0.25) is 11.8 Å². The van der Waals surface area contributed by atoms with Crippen LogP contribution in [0.2, 0.25) is 0 Å². The van der Waals surface area contributed by atoms with E-state index in [2.05, 4.69) is 10.6 Å². The van der Waals surface area contributed by atoms with E-state index in [0.717, 1.165) is 11.3 Å². The minimum Gasteiger partial charge on any atom is -0.427 e. The lowest BCUT2D eigenvalue weighted by molar-refractivity contribution is -0.132. The highest BCUT2D eigenvalue weighted by Crippen LogP contribution is 2.21. The number of carbonyl (C=O) groups is 3. The summed E-state index contributed by atoms with van der Waals surface area (Å²) in [6.07, 6.45) is 0. The smallest absolute Gasteiger partial charge is 0.308 e. The Kier molecular flexibility index (Phi) is 8.02. The van der Waals surface area contributed by atoms with Crippen molar-refractivity contribution in [2.45, 2.75) is 20.4 Å². The van der Waals surface area contributed by atoms with Crippen LogP contribution in [0, 0.1) is 0 Å². The Hall–Kier alpha value is -3.35. The fourth-order valence-electron chi connectivity index (χ4n) is 2.60. The van der Waals surface area contributed by atoms with Gasteiger partial charge in [-0.25, -0.2) is 0 Å². The van der Waals surface area contributed by atoms with Gasteiger partial charge in [-0.1, -0.05) is 30.3 Å². The number of esters is 1. The lowest BCUT2D eigenvalue weighted by Crippen LogP contribution is -2.40. The van der Waals surface area contributed by atoms with Crippen LogP contribution in [0.15, 0.2) is 54.6 Å². The highest BCUT2D eigenvalue weighted by Gasteiger charge is 2.13. The van der Waals surface area contributed by atoms with E-state index in [4.69, 9.17) is 4.74 Å². The summed E-state index contributed by atoms with van der Waals surface area (Å²) in [5.41, 5.74) is 1.90. The van der Waals surface area contributed by atoms with Gasteiger partial charge in [0.25, 0.3) is 0 Å². The average Bonchev–Trinajstić information content (AvgIpc) is 2.65. The summed E-state index contributed by atoms with van der Waals surface area (Å²) < 4.78 is 5.06. The molecule has 2 amide bonds. The molecule has 2 rings (SSSR count). The molecule has 0 aliphatic rings. The number of anilines is 1. The number of nitrogens with one attached hydrogen (secondary N) is 2. The molecule has 0 saturated heterocycles. The Morgan fingerprint density at radius 2 is 1.54 bits per heavy atom. The zero-order valence-corrected chi connectivity index (χ0v) is 16.1. The van der Waals surface area contributed by atoms with Crippen molar-refractivity contribution in [1.29, 1.82) is 0 Å². The molecule has 0 aliphatic carbocycles. The largest absolute Gasteiger partial charge is 0.427 e. The number of hydrogen-bond acceptors (Lipinski definition) is 5. The van der Waals surface area contributed by atoms with Gasteiger partial charge in [0.05, 0.1) is 6.54 Å². The molecule has 7 nitrogen and oxygen atoms in total. The third kappa shape index (κ3) is 7.49. The van der Waals surface area contributed by atoms with Gasteiger partial charge >= 0.3 is 5.97 Å². The second-order valence-electron chi connectivity index (χ2n) is 6.26. The van der Waals surface area contributed by atoms with Crippen molar-refractivity contribution in [2.75, 3.05) is 24.5 Å². The highest BCUT2D eigenvalue weighted by molar-refractivity contribution is 5.81. The van der Waals surface area contributed by atoms with E-state index in [-0.39, 0.29) is 24.3 Å². The zero-order chi connectivity index (χ0) is 20.4. The van der Waals surface area contributed by atoms with Crippen molar-refractivity contribution in [3.05, 3.63) is 60.2 Å². The normalized spacial score (nSPS) is 10.1. The van der Waals surface area contributed by atoms with Crippen molar-refractivity contribution < 1.29 is 19.1 Å². The molecule has 0 spiro atoms. The lowest BCUT2D eigenvalue weighted by atomic mass is 10.2. The molecular formula is C21H25N3O4. The zero-order valence-electron chi connectivity index (χ0n) is 16.1. The van der Waals surface area contributed by atoms with Gasteiger partial charge in [0.15, 0.2) is 0 Å². The van der Waals surface area contributed by atoms with E-state index in [1.165, 1.54) is 13.8 Å². The van der Waals surface area contributed by atoms with Crippen molar-refractivity contribution in [1.82, 2.24) is 10.6 Å². The first-order chi connectivity index (χ1) is 13.4. The molecule has 28 heavy (non-hydrogen) atoms. The van der Waals surface area contributed by atoms with Gasteiger partial charge in [-0.3, -0.25) is 14.4 Å². The standard InChI is InChI=1S/C21H25N3O4/c1-16(25)22-12-13-23-21(27)15-24(14-18-6-4-3-5-7-18)19-8-10-20(11-9-19)28-17(2)26/h3-11H,12-15H2,1-2H3,(H,22,25)(H,23,27). The third-order valence-corrected chi connectivity index (χ3v) is 3.84. The van der Waals surface area contributed by atoms with E-state index in [0.29, 0.717) is 25.4 Å². The van der Waals surface area contributed by atoms with E-state index < -0.39 is 0 Å². The van der Waals surface area contributed by atoms with Crippen LogP contribution in [-0.2, 0) is 20.9 Å². The quantitative estimate of drug-likeness (QED) is 0.392. The van der Waals surface area contributed by atoms with E-state index in [1.807, 2.05) is 47.4 Å². The molecule has 0 fully saturated rings. The number of carbonyl (C=O) groups excluding carboxylic acids is 3. The maximum Gasteiger partial charge on any atom is 0.308 e. The first kappa shape index (κ1) is 21.0. The summed E-state index contributed by atoms with van der Waals surface area (Å²) in [5.74, 6) is -0.207. The fraction of sp³-hybridized carbons (Fsp3) is 0.286. The molecule has 0 atom stereocenters. The molecule has 0 heterocycles. The molecule has 0 saturated carbocycles. The molecule has 0 radical (unpaired) electrons. The number of rotatable bonds is 9. The second-order valence-corrected chi connectivity index (χ2v) is 6.26. The fourth-order valence-corrected chi connectivity index (χ4v) is 2.60. The third-order valence-electron chi connectivity index (χ3n) is 3.84. The van der Waals surface area contributed by atoms with Crippen LogP contribution < -0.4 is 20.3 Å². The van der Waals surface area contributed by atoms with Crippen LogP contribution in [0.4, 0.5) is 5.69 Å². The average molecular weight is 383 g/mol. The van der Waals surface area contributed by atoms with Gasteiger partial charge in [-0.05, 0) is 29.8 Å². The Labute approximate surface area is 164 Å². The molecule has 0 unspecified atom stereocenters. The SMILES string of the molecule is CC(=O)NCCNC(=O)CN(Cc1ccccc1)c1ccc(OC(C)=O)cc1. The summed E-state index contributed by atoms with van der Waals surface area (Å²) in [7, 11) is 0. The highest BCUT2D eigenvalue weighted by atomic mass is 16.5. The predicted molar refractivity (Wildman–Crippen MR) is 107 cm³/mol. The van der Waals surface area contributed by atoms with Gasteiger partial charge in [0.1, 0.15) is 5.75 Å². The molecule has 0 aromatic heterocycles. The van der Waals surface area contributed by atoms with Crippen LogP contribution in [0.25, 0.3) is 0 Å². The monoisotopic (exact) mass is 383 g/mol. The molecule has 2 N–H and O–H groups in total. The Bertz CT molecular complexity index is 791. The molecule has 2 aromatic carbocycles. The second kappa shape index (κ2) is 10.7. The minimum absolute atomic E-state index is 0.132. The molecule has 0 aliphatic heterocycles. The van der Waals surface area contributed by atoms with Crippen LogP contribution in [0.5, 0.6) is 5.75 Å². The summed E-state index contributed by atoms with van der Waals surface area (Å²) in [4.78, 5) is 36.2. The Morgan fingerprint density at radius 3 is 2.14 bits per heavy atom.